The molecule has 1 rings (SSSR count). The van der Waals surface area contributed by atoms with Crippen LogP contribution in [0.1, 0.15) is 10.4 Å². The Bertz CT molecular complexity index is 510. The molecule has 3 N–H and O–H groups in total. The highest BCUT2D eigenvalue weighted by Crippen LogP contribution is 2.22. The van der Waals surface area contributed by atoms with E-state index in [0.717, 1.165) is 6.07 Å². The van der Waals surface area contributed by atoms with Gasteiger partial charge in [-0.2, -0.15) is 0 Å². The number of hydrogen-bond donors (Lipinski definition) is 3. The number of anilines is 1. The number of rotatable bonds is 4. The molecule has 0 heterocycles. The zero-order chi connectivity index (χ0) is 12.3. The molecule has 0 fully saturated rings. The molecular weight excluding hydrogens is 232 g/mol. The minimum absolute atomic E-state index is 0.0761. The second-order valence-electron chi connectivity index (χ2n) is 2.97. The molecule has 0 spiro atoms. The van der Waals surface area contributed by atoms with E-state index in [4.69, 9.17) is 5.11 Å². The summed E-state index contributed by atoms with van der Waals surface area (Å²) in [5, 5.41) is 11.5. The summed E-state index contributed by atoms with van der Waals surface area (Å²) in [5.41, 5.74) is 0.271. The summed E-state index contributed by atoms with van der Waals surface area (Å²) in [5.74, 6) is -1.17. The fraction of sp³-hybridized carbons (Fsp3) is 0.222. The van der Waals surface area contributed by atoms with Crippen molar-refractivity contribution >= 4 is 21.7 Å². The molecular formula is C9H12N2O4S. The quantitative estimate of drug-likeness (QED) is 0.709. The van der Waals surface area contributed by atoms with Gasteiger partial charge in [-0.15, -0.1) is 0 Å². The molecule has 0 aliphatic rings. The van der Waals surface area contributed by atoms with Gasteiger partial charge in [0.15, 0.2) is 0 Å². The molecule has 0 atom stereocenters. The number of sulfonamides is 1. The summed E-state index contributed by atoms with van der Waals surface area (Å²) in [6.07, 6.45) is 0. The van der Waals surface area contributed by atoms with Crippen LogP contribution < -0.4 is 10.0 Å². The van der Waals surface area contributed by atoms with Gasteiger partial charge in [0.2, 0.25) is 10.0 Å². The topological polar surface area (TPSA) is 95.5 Å². The van der Waals surface area contributed by atoms with E-state index in [0.29, 0.717) is 5.69 Å². The third-order valence-corrected chi connectivity index (χ3v) is 3.51. The molecule has 16 heavy (non-hydrogen) atoms. The van der Waals surface area contributed by atoms with E-state index >= 15 is 0 Å². The summed E-state index contributed by atoms with van der Waals surface area (Å²) < 4.78 is 25.4. The lowest BCUT2D eigenvalue weighted by Gasteiger charge is -2.09. The third kappa shape index (κ3) is 2.31. The summed E-state index contributed by atoms with van der Waals surface area (Å²) in [4.78, 5) is 10.6. The normalized spacial score (nSPS) is 11.1. The molecule has 0 saturated heterocycles. The molecule has 1 aromatic rings. The first kappa shape index (κ1) is 12.5. The first-order valence-corrected chi connectivity index (χ1v) is 5.89. The van der Waals surface area contributed by atoms with Gasteiger partial charge in [0.25, 0.3) is 0 Å². The first-order valence-electron chi connectivity index (χ1n) is 4.41. The highest BCUT2D eigenvalue weighted by molar-refractivity contribution is 7.89. The van der Waals surface area contributed by atoms with Gasteiger partial charge < -0.3 is 10.4 Å². The van der Waals surface area contributed by atoms with E-state index in [2.05, 4.69) is 10.0 Å². The van der Waals surface area contributed by atoms with E-state index in [1.165, 1.54) is 19.2 Å². The van der Waals surface area contributed by atoms with Crippen molar-refractivity contribution in [1.29, 1.82) is 0 Å². The van der Waals surface area contributed by atoms with E-state index in [1.54, 1.807) is 7.05 Å². The molecule has 0 aliphatic heterocycles. The summed E-state index contributed by atoms with van der Waals surface area (Å²) in [6, 6.07) is 3.86. The van der Waals surface area contributed by atoms with Gasteiger partial charge in [-0.3, -0.25) is 0 Å². The van der Waals surface area contributed by atoms with Crippen LogP contribution in [0.5, 0.6) is 0 Å². The molecule has 7 heteroatoms. The lowest BCUT2D eigenvalue weighted by molar-refractivity contribution is 0.0696. The number of nitrogens with one attached hydrogen (secondary N) is 2. The second-order valence-corrected chi connectivity index (χ2v) is 4.83. The van der Waals surface area contributed by atoms with Crippen LogP contribution in [0.3, 0.4) is 0 Å². The lowest BCUT2D eigenvalue weighted by Crippen LogP contribution is -2.20. The second kappa shape index (κ2) is 4.50. The standard InChI is InChI=1S/C9H12N2O4S/c1-10-7-4-3-6(9(12)13)5-8(7)16(14,15)11-2/h3-5,10-11H,1-2H3,(H,12,13). The lowest BCUT2D eigenvalue weighted by atomic mass is 10.2. The molecule has 88 valence electrons. The number of carboxylic acid groups (broad SMARTS) is 1. The van der Waals surface area contributed by atoms with Crippen molar-refractivity contribution in [2.24, 2.45) is 0 Å². The Morgan fingerprint density at radius 1 is 1.31 bits per heavy atom. The van der Waals surface area contributed by atoms with Crippen molar-refractivity contribution in [1.82, 2.24) is 4.72 Å². The Morgan fingerprint density at radius 3 is 2.38 bits per heavy atom. The Hall–Kier alpha value is -1.60. The van der Waals surface area contributed by atoms with Gasteiger partial charge in [-0.25, -0.2) is 17.9 Å². The third-order valence-electron chi connectivity index (χ3n) is 2.06. The summed E-state index contributed by atoms with van der Waals surface area (Å²) >= 11 is 0. The summed E-state index contributed by atoms with van der Waals surface area (Å²) in [6.45, 7) is 0. The van der Waals surface area contributed by atoms with Crippen LogP contribution in [-0.4, -0.2) is 33.6 Å². The van der Waals surface area contributed by atoms with Crippen LogP contribution in [0.15, 0.2) is 23.1 Å². The molecule has 1 aromatic carbocycles. The highest BCUT2D eigenvalue weighted by Gasteiger charge is 2.18. The maximum Gasteiger partial charge on any atom is 0.335 e. The van der Waals surface area contributed by atoms with Gasteiger partial charge in [-0.05, 0) is 25.2 Å². The molecule has 6 nitrogen and oxygen atoms in total. The van der Waals surface area contributed by atoms with Crippen molar-refractivity contribution in [3.05, 3.63) is 23.8 Å². The summed E-state index contributed by atoms with van der Waals surface area (Å²) in [7, 11) is -0.847. The SMILES string of the molecule is CNc1ccc(C(=O)O)cc1S(=O)(=O)NC. The number of aromatic carboxylic acids is 1. The van der Waals surface area contributed by atoms with E-state index < -0.39 is 16.0 Å². The highest BCUT2D eigenvalue weighted by atomic mass is 32.2. The van der Waals surface area contributed by atoms with Crippen LogP contribution in [0.2, 0.25) is 0 Å². The first-order chi connectivity index (χ1) is 7.42. The zero-order valence-electron chi connectivity index (χ0n) is 8.81. The van der Waals surface area contributed by atoms with Crippen LogP contribution in [0, 0.1) is 0 Å². The van der Waals surface area contributed by atoms with Gasteiger partial charge in [0.05, 0.1) is 11.3 Å². The largest absolute Gasteiger partial charge is 0.478 e. The number of hydrogen-bond acceptors (Lipinski definition) is 4. The van der Waals surface area contributed by atoms with Crippen LogP contribution in [0.25, 0.3) is 0 Å². The number of benzene rings is 1. The Morgan fingerprint density at radius 2 is 1.94 bits per heavy atom. The smallest absolute Gasteiger partial charge is 0.335 e. The number of carbonyl (C=O) groups is 1. The molecule has 0 amide bonds. The minimum Gasteiger partial charge on any atom is -0.478 e. The van der Waals surface area contributed by atoms with Crippen LogP contribution in [0.4, 0.5) is 5.69 Å². The monoisotopic (exact) mass is 244 g/mol. The van der Waals surface area contributed by atoms with Crippen molar-refractivity contribution in [3.8, 4) is 0 Å². The predicted octanol–water partition coefficient (Wildman–Crippen LogP) is 0.335. The fourth-order valence-corrected chi connectivity index (χ4v) is 2.16. The average molecular weight is 244 g/mol. The zero-order valence-corrected chi connectivity index (χ0v) is 9.63. The molecule has 0 aliphatic carbocycles. The van der Waals surface area contributed by atoms with E-state index in [9.17, 15) is 13.2 Å². The van der Waals surface area contributed by atoms with Gasteiger partial charge in [-0.1, -0.05) is 0 Å². The minimum atomic E-state index is -3.67. The Kier molecular flexibility index (Phi) is 3.51. The van der Waals surface area contributed by atoms with Crippen molar-refractivity contribution in [2.75, 3.05) is 19.4 Å². The fourth-order valence-electron chi connectivity index (χ4n) is 1.19. The van der Waals surface area contributed by atoms with Crippen LogP contribution >= 0.6 is 0 Å². The molecule has 0 saturated carbocycles. The maximum absolute atomic E-state index is 11.6. The average Bonchev–Trinajstić information content (AvgIpc) is 2.28. The molecule has 0 aromatic heterocycles. The van der Waals surface area contributed by atoms with Crippen molar-refractivity contribution in [3.63, 3.8) is 0 Å². The van der Waals surface area contributed by atoms with Gasteiger partial charge in [0.1, 0.15) is 4.90 Å². The Balaban J connectivity index is 3.45. The predicted molar refractivity (Wildman–Crippen MR) is 59.2 cm³/mol. The van der Waals surface area contributed by atoms with Crippen molar-refractivity contribution < 1.29 is 18.3 Å². The van der Waals surface area contributed by atoms with E-state index in [-0.39, 0.29) is 10.5 Å². The van der Waals surface area contributed by atoms with Crippen LogP contribution in [-0.2, 0) is 10.0 Å². The molecule has 0 unspecified atom stereocenters. The molecule has 0 radical (unpaired) electrons. The van der Waals surface area contributed by atoms with Gasteiger partial charge in [0, 0.05) is 7.05 Å². The molecule has 0 bridgehead atoms. The number of carboxylic acids is 1. The maximum atomic E-state index is 11.6. The Labute approximate surface area is 93.3 Å². The van der Waals surface area contributed by atoms with Crippen molar-refractivity contribution in [2.45, 2.75) is 4.90 Å². The van der Waals surface area contributed by atoms with Gasteiger partial charge >= 0.3 is 5.97 Å². The van der Waals surface area contributed by atoms with E-state index in [1.807, 2.05) is 0 Å².